The molecule has 0 saturated carbocycles. The number of halogens is 1. The Bertz CT molecular complexity index is 734. The summed E-state index contributed by atoms with van der Waals surface area (Å²) in [5.41, 5.74) is 3.54. The largest absolute Gasteiger partial charge is 0.309 e. The topological polar surface area (TPSA) is 24.9 Å². The van der Waals surface area contributed by atoms with Crippen LogP contribution in [0.25, 0.3) is 10.9 Å². The van der Waals surface area contributed by atoms with Gasteiger partial charge >= 0.3 is 0 Å². The molecule has 0 fully saturated rings. The van der Waals surface area contributed by atoms with Gasteiger partial charge in [0.25, 0.3) is 0 Å². The number of hydrogen-bond acceptors (Lipinski definition) is 2. The van der Waals surface area contributed by atoms with Gasteiger partial charge in [-0.05, 0) is 59.0 Å². The molecule has 3 heteroatoms. The van der Waals surface area contributed by atoms with Crippen molar-refractivity contribution in [3.63, 3.8) is 0 Å². The summed E-state index contributed by atoms with van der Waals surface area (Å²) < 4.78 is 1.24. The van der Waals surface area contributed by atoms with Gasteiger partial charge in [0, 0.05) is 15.2 Å². The van der Waals surface area contributed by atoms with Gasteiger partial charge in [-0.25, -0.2) is 0 Å². The highest BCUT2D eigenvalue weighted by Gasteiger charge is 2.15. The van der Waals surface area contributed by atoms with Crippen molar-refractivity contribution < 1.29 is 0 Å². The predicted octanol–water partition coefficient (Wildman–Crippen LogP) is 4.15. The molecule has 1 unspecified atom stereocenters. The van der Waals surface area contributed by atoms with E-state index in [1.54, 1.807) is 0 Å². The van der Waals surface area contributed by atoms with Crippen LogP contribution in [0.1, 0.15) is 17.2 Å². The third kappa shape index (κ3) is 2.55. The van der Waals surface area contributed by atoms with Crippen LogP contribution in [0.4, 0.5) is 0 Å². The molecule has 0 aliphatic carbocycles. The number of nitrogens with one attached hydrogen (secondary N) is 1. The number of pyridine rings is 1. The molecule has 1 atom stereocenters. The predicted molar refractivity (Wildman–Crippen MR) is 91.8 cm³/mol. The highest BCUT2D eigenvalue weighted by atomic mass is 127. The molecule has 0 bridgehead atoms. The molecular formula is C17H15IN2. The molecule has 2 aromatic carbocycles. The number of rotatable bonds is 3. The molecule has 3 aromatic rings. The number of fused-ring (bicyclic) bond motifs is 1. The summed E-state index contributed by atoms with van der Waals surface area (Å²) in [5, 5.41) is 4.59. The van der Waals surface area contributed by atoms with Crippen LogP contribution in [0.2, 0.25) is 0 Å². The van der Waals surface area contributed by atoms with Crippen LogP contribution in [0.3, 0.4) is 0 Å². The molecular weight excluding hydrogens is 359 g/mol. The lowest BCUT2D eigenvalue weighted by Gasteiger charge is -2.19. The Balaban J connectivity index is 2.17. The summed E-state index contributed by atoms with van der Waals surface area (Å²) >= 11 is 2.35. The minimum absolute atomic E-state index is 0.156. The van der Waals surface area contributed by atoms with Crippen molar-refractivity contribution >= 4 is 33.5 Å². The van der Waals surface area contributed by atoms with Gasteiger partial charge in [-0.15, -0.1) is 0 Å². The summed E-state index contributed by atoms with van der Waals surface area (Å²) in [6, 6.07) is 19.2. The van der Waals surface area contributed by atoms with E-state index in [0.29, 0.717) is 0 Å². The second kappa shape index (κ2) is 5.89. The lowest BCUT2D eigenvalue weighted by molar-refractivity contribution is 0.695. The summed E-state index contributed by atoms with van der Waals surface area (Å²) in [5.74, 6) is 0. The monoisotopic (exact) mass is 374 g/mol. The standard InChI is InChI=1S/C17H15IN2/c1-19-16(13-6-2-8-14(18)11-13)15-9-3-5-12-7-4-10-20-17(12)15/h2-11,16,19H,1H3. The van der Waals surface area contributed by atoms with Gasteiger partial charge in [-0.2, -0.15) is 0 Å². The molecule has 0 radical (unpaired) electrons. The number of benzene rings is 2. The SMILES string of the molecule is CNC(c1cccc(I)c1)c1cccc2cccnc12. The van der Waals surface area contributed by atoms with Crippen LogP contribution >= 0.6 is 22.6 Å². The summed E-state index contributed by atoms with van der Waals surface area (Å²) in [6.07, 6.45) is 1.85. The molecule has 1 aromatic heterocycles. The summed E-state index contributed by atoms with van der Waals surface area (Å²) in [6.45, 7) is 0. The van der Waals surface area contributed by atoms with E-state index in [9.17, 15) is 0 Å². The van der Waals surface area contributed by atoms with E-state index in [-0.39, 0.29) is 6.04 Å². The van der Waals surface area contributed by atoms with Gasteiger partial charge in [0.15, 0.2) is 0 Å². The van der Waals surface area contributed by atoms with Crippen LogP contribution in [0.5, 0.6) is 0 Å². The smallest absolute Gasteiger partial charge is 0.0753 e. The quantitative estimate of drug-likeness (QED) is 0.697. The first-order valence-corrected chi connectivity index (χ1v) is 7.64. The van der Waals surface area contributed by atoms with E-state index >= 15 is 0 Å². The fourth-order valence-electron chi connectivity index (χ4n) is 2.55. The number of nitrogens with zero attached hydrogens (tertiary/aromatic N) is 1. The van der Waals surface area contributed by atoms with Crippen molar-refractivity contribution in [3.05, 3.63) is 75.5 Å². The van der Waals surface area contributed by atoms with Crippen molar-refractivity contribution in [1.82, 2.24) is 10.3 Å². The molecule has 1 N–H and O–H groups in total. The maximum Gasteiger partial charge on any atom is 0.0753 e. The maximum atomic E-state index is 4.56. The second-order valence-electron chi connectivity index (χ2n) is 4.70. The van der Waals surface area contributed by atoms with Crippen molar-refractivity contribution in [2.24, 2.45) is 0 Å². The lowest BCUT2D eigenvalue weighted by Crippen LogP contribution is -2.18. The first-order chi connectivity index (χ1) is 9.79. The van der Waals surface area contributed by atoms with Gasteiger partial charge in [-0.1, -0.05) is 36.4 Å². The summed E-state index contributed by atoms with van der Waals surface area (Å²) in [7, 11) is 1.99. The molecule has 3 rings (SSSR count). The van der Waals surface area contributed by atoms with E-state index < -0.39 is 0 Å². The average molecular weight is 374 g/mol. The van der Waals surface area contributed by atoms with E-state index in [1.165, 1.54) is 20.1 Å². The molecule has 0 aliphatic rings. The molecule has 0 spiro atoms. The van der Waals surface area contributed by atoms with E-state index in [0.717, 1.165) is 5.52 Å². The van der Waals surface area contributed by atoms with Gasteiger partial charge in [-0.3, -0.25) is 4.98 Å². The van der Waals surface area contributed by atoms with E-state index in [1.807, 2.05) is 19.3 Å². The van der Waals surface area contributed by atoms with Gasteiger partial charge in [0.1, 0.15) is 0 Å². The number of hydrogen-bond donors (Lipinski definition) is 1. The van der Waals surface area contributed by atoms with Crippen LogP contribution in [-0.4, -0.2) is 12.0 Å². The van der Waals surface area contributed by atoms with Crippen molar-refractivity contribution in [1.29, 1.82) is 0 Å². The van der Waals surface area contributed by atoms with Crippen LogP contribution in [-0.2, 0) is 0 Å². The van der Waals surface area contributed by atoms with Crippen molar-refractivity contribution in [2.75, 3.05) is 7.05 Å². The normalized spacial score (nSPS) is 12.5. The first kappa shape index (κ1) is 13.5. The van der Waals surface area contributed by atoms with Gasteiger partial charge < -0.3 is 5.32 Å². The van der Waals surface area contributed by atoms with Gasteiger partial charge in [0.05, 0.1) is 11.6 Å². The Labute approximate surface area is 132 Å². The fourth-order valence-corrected chi connectivity index (χ4v) is 3.12. The maximum absolute atomic E-state index is 4.56. The minimum Gasteiger partial charge on any atom is -0.309 e. The zero-order valence-electron chi connectivity index (χ0n) is 11.2. The van der Waals surface area contributed by atoms with Crippen LogP contribution in [0, 0.1) is 3.57 Å². The molecule has 20 heavy (non-hydrogen) atoms. The molecule has 0 aliphatic heterocycles. The van der Waals surface area contributed by atoms with Gasteiger partial charge in [0.2, 0.25) is 0 Å². The Morgan fingerprint density at radius 3 is 2.65 bits per heavy atom. The average Bonchev–Trinajstić information content (AvgIpc) is 2.48. The Morgan fingerprint density at radius 1 is 1.05 bits per heavy atom. The molecule has 0 amide bonds. The number of para-hydroxylation sites is 1. The zero-order valence-corrected chi connectivity index (χ0v) is 13.3. The molecule has 0 saturated heterocycles. The Kier molecular flexibility index (Phi) is 3.98. The number of aromatic nitrogens is 1. The Morgan fingerprint density at radius 2 is 1.85 bits per heavy atom. The molecule has 1 heterocycles. The van der Waals surface area contributed by atoms with E-state index in [2.05, 4.69) is 81.4 Å². The van der Waals surface area contributed by atoms with E-state index in [4.69, 9.17) is 0 Å². The third-order valence-electron chi connectivity index (χ3n) is 3.45. The Hall–Kier alpha value is -1.46. The van der Waals surface area contributed by atoms with Crippen LogP contribution in [0.15, 0.2) is 60.8 Å². The highest BCUT2D eigenvalue weighted by Crippen LogP contribution is 2.28. The highest BCUT2D eigenvalue weighted by molar-refractivity contribution is 14.1. The fraction of sp³-hybridized carbons (Fsp3) is 0.118. The molecule has 100 valence electrons. The zero-order chi connectivity index (χ0) is 13.9. The van der Waals surface area contributed by atoms with Crippen molar-refractivity contribution in [3.8, 4) is 0 Å². The second-order valence-corrected chi connectivity index (χ2v) is 5.94. The van der Waals surface area contributed by atoms with Crippen molar-refractivity contribution in [2.45, 2.75) is 6.04 Å². The molecule has 2 nitrogen and oxygen atoms in total. The lowest BCUT2D eigenvalue weighted by atomic mass is 9.96. The summed E-state index contributed by atoms with van der Waals surface area (Å²) in [4.78, 5) is 4.56. The minimum atomic E-state index is 0.156. The third-order valence-corrected chi connectivity index (χ3v) is 4.12. The van der Waals surface area contributed by atoms with Crippen LogP contribution < -0.4 is 5.32 Å². The first-order valence-electron chi connectivity index (χ1n) is 6.56.